The first kappa shape index (κ1) is 23.0. The van der Waals surface area contributed by atoms with Crippen LogP contribution in [0.4, 0.5) is 11.9 Å². The van der Waals surface area contributed by atoms with Crippen LogP contribution in [0.15, 0.2) is 72.8 Å². The minimum absolute atomic E-state index is 0.234. The molecule has 0 saturated heterocycles. The van der Waals surface area contributed by atoms with Crippen LogP contribution in [0.2, 0.25) is 0 Å². The lowest BCUT2D eigenvalue weighted by Gasteiger charge is -2.24. The summed E-state index contributed by atoms with van der Waals surface area (Å²) >= 11 is 0. The van der Waals surface area contributed by atoms with Gasteiger partial charge in [0.15, 0.2) is 0 Å². The van der Waals surface area contributed by atoms with Gasteiger partial charge in [-0.05, 0) is 53.1 Å². The zero-order valence-corrected chi connectivity index (χ0v) is 19.6. The Morgan fingerprint density at radius 1 is 0.676 bits per heavy atom. The van der Waals surface area contributed by atoms with E-state index in [-0.39, 0.29) is 5.95 Å². The van der Waals surface area contributed by atoms with Gasteiger partial charge in [0.1, 0.15) is 17.2 Å². The summed E-state index contributed by atoms with van der Waals surface area (Å²) in [6.07, 6.45) is 0. The molecule has 0 atom stereocenters. The molecule has 3 aromatic carbocycles. The molecular weight excluding hydrogens is 430 g/mol. The second kappa shape index (κ2) is 10.6. The van der Waals surface area contributed by atoms with Gasteiger partial charge in [0, 0.05) is 13.1 Å². The van der Waals surface area contributed by atoms with Gasteiger partial charge in [-0.2, -0.15) is 4.98 Å². The molecule has 0 aliphatic rings. The van der Waals surface area contributed by atoms with Crippen LogP contribution in [0.1, 0.15) is 16.7 Å². The van der Waals surface area contributed by atoms with Crippen LogP contribution in [0.25, 0.3) is 0 Å². The number of nitrogens with two attached hydrogens (primary N) is 1. The van der Waals surface area contributed by atoms with Crippen molar-refractivity contribution in [1.29, 1.82) is 0 Å². The number of ether oxygens (including phenoxy) is 3. The minimum atomic E-state index is 0.234. The number of methoxy groups -OCH3 is 3. The summed E-state index contributed by atoms with van der Waals surface area (Å²) in [5, 5.41) is 4.48. The van der Waals surface area contributed by atoms with Crippen LogP contribution in [-0.2, 0) is 19.6 Å². The second-order valence-corrected chi connectivity index (χ2v) is 7.83. The Morgan fingerprint density at radius 3 is 1.50 bits per heavy atom. The molecule has 0 aliphatic heterocycles. The Kier molecular flexibility index (Phi) is 7.17. The van der Waals surface area contributed by atoms with E-state index in [0.29, 0.717) is 25.6 Å². The van der Waals surface area contributed by atoms with Crippen molar-refractivity contribution >= 4 is 11.9 Å². The van der Waals surface area contributed by atoms with Crippen molar-refractivity contribution in [1.82, 2.24) is 14.8 Å². The number of benzene rings is 3. The zero-order chi connectivity index (χ0) is 23.9. The number of hydrogen-bond acceptors (Lipinski definition) is 7. The van der Waals surface area contributed by atoms with Gasteiger partial charge >= 0.3 is 0 Å². The average molecular weight is 460 g/mol. The summed E-state index contributed by atoms with van der Waals surface area (Å²) in [5.74, 6) is 3.37. The predicted molar refractivity (Wildman–Crippen MR) is 132 cm³/mol. The summed E-state index contributed by atoms with van der Waals surface area (Å²) in [7, 11) is 4.98. The Hall–Kier alpha value is -4.20. The fourth-order valence-corrected chi connectivity index (χ4v) is 3.69. The summed E-state index contributed by atoms with van der Waals surface area (Å²) in [6, 6.07) is 23.9. The fraction of sp³-hybridized carbons (Fsp3) is 0.231. The molecule has 0 unspecified atom stereocenters. The van der Waals surface area contributed by atoms with Crippen molar-refractivity contribution in [2.75, 3.05) is 32.0 Å². The Balaban J connectivity index is 1.64. The number of nitrogens with zero attached hydrogens (tertiary/aromatic N) is 4. The van der Waals surface area contributed by atoms with Gasteiger partial charge in [0.25, 0.3) is 0 Å². The van der Waals surface area contributed by atoms with E-state index in [2.05, 4.69) is 15.0 Å². The van der Waals surface area contributed by atoms with Gasteiger partial charge < -0.3 is 24.8 Å². The van der Waals surface area contributed by atoms with E-state index in [1.807, 2.05) is 77.5 Å². The zero-order valence-electron chi connectivity index (χ0n) is 19.6. The lowest BCUT2D eigenvalue weighted by molar-refractivity contribution is 0.414. The van der Waals surface area contributed by atoms with Crippen LogP contribution in [-0.4, -0.2) is 36.1 Å². The van der Waals surface area contributed by atoms with Gasteiger partial charge in [-0.15, -0.1) is 5.10 Å². The molecule has 1 heterocycles. The highest BCUT2D eigenvalue weighted by Crippen LogP contribution is 2.23. The lowest BCUT2D eigenvalue weighted by atomic mass is 10.1. The molecule has 176 valence electrons. The van der Waals surface area contributed by atoms with Gasteiger partial charge in [0.05, 0.1) is 27.9 Å². The molecule has 0 fully saturated rings. The quantitative estimate of drug-likeness (QED) is 0.381. The highest BCUT2D eigenvalue weighted by atomic mass is 16.5. The van der Waals surface area contributed by atoms with E-state index in [1.165, 1.54) is 0 Å². The van der Waals surface area contributed by atoms with Crippen LogP contribution in [0.3, 0.4) is 0 Å². The first-order valence-corrected chi connectivity index (χ1v) is 10.9. The van der Waals surface area contributed by atoms with Crippen molar-refractivity contribution in [2.24, 2.45) is 0 Å². The smallest absolute Gasteiger partial charge is 0.241 e. The largest absolute Gasteiger partial charge is 0.497 e. The molecular formula is C26H29N5O3. The SMILES string of the molecule is COc1ccc(CN(Cc2ccc(OC)cc2)c2nc(N)nn2Cc2ccc(OC)cc2)cc1. The summed E-state index contributed by atoms with van der Waals surface area (Å²) in [6.45, 7) is 1.78. The molecule has 1 aromatic heterocycles. The average Bonchev–Trinajstić information content (AvgIpc) is 3.24. The summed E-state index contributed by atoms with van der Waals surface area (Å²) in [4.78, 5) is 6.75. The molecule has 8 nitrogen and oxygen atoms in total. The molecule has 8 heteroatoms. The van der Waals surface area contributed by atoms with Gasteiger partial charge in [-0.3, -0.25) is 0 Å². The maximum Gasteiger partial charge on any atom is 0.241 e. The van der Waals surface area contributed by atoms with E-state index in [9.17, 15) is 0 Å². The fourth-order valence-electron chi connectivity index (χ4n) is 3.69. The van der Waals surface area contributed by atoms with E-state index in [1.54, 1.807) is 21.3 Å². The number of nitrogen functional groups attached to an aromatic ring is 1. The molecule has 0 amide bonds. The van der Waals surface area contributed by atoms with E-state index >= 15 is 0 Å². The van der Waals surface area contributed by atoms with Crippen LogP contribution in [0.5, 0.6) is 17.2 Å². The number of hydrogen-bond donors (Lipinski definition) is 1. The monoisotopic (exact) mass is 459 g/mol. The maximum absolute atomic E-state index is 6.06. The first-order valence-electron chi connectivity index (χ1n) is 10.9. The van der Waals surface area contributed by atoms with Crippen LogP contribution >= 0.6 is 0 Å². The third-order valence-corrected chi connectivity index (χ3v) is 5.51. The van der Waals surface area contributed by atoms with Crippen molar-refractivity contribution in [3.05, 3.63) is 89.5 Å². The minimum Gasteiger partial charge on any atom is -0.497 e. The molecule has 34 heavy (non-hydrogen) atoms. The molecule has 0 saturated carbocycles. The Labute approximate surface area is 199 Å². The van der Waals surface area contributed by atoms with Crippen molar-refractivity contribution in [3.63, 3.8) is 0 Å². The van der Waals surface area contributed by atoms with Crippen molar-refractivity contribution < 1.29 is 14.2 Å². The maximum atomic E-state index is 6.06. The van der Waals surface area contributed by atoms with Crippen molar-refractivity contribution in [2.45, 2.75) is 19.6 Å². The highest BCUT2D eigenvalue weighted by Gasteiger charge is 2.18. The topological polar surface area (TPSA) is 87.7 Å². The molecule has 0 bridgehead atoms. The van der Waals surface area contributed by atoms with Gasteiger partial charge in [-0.1, -0.05) is 36.4 Å². The summed E-state index contributed by atoms with van der Waals surface area (Å²) in [5.41, 5.74) is 9.36. The Morgan fingerprint density at radius 2 is 1.09 bits per heavy atom. The van der Waals surface area contributed by atoms with Crippen LogP contribution < -0.4 is 24.8 Å². The van der Waals surface area contributed by atoms with E-state index in [4.69, 9.17) is 19.9 Å². The molecule has 0 aliphatic carbocycles. The van der Waals surface area contributed by atoms with Gasteiger partial charge in [0.2, 0.25) is 11.9 Å². The van der Waals surface area contributed by atoms with Crippen LogP contribution in [0, 0.1) is 0 Å². The highest BCUT2D eigenvalue weighted by molar-refractivity contribution is 5.41. The standard InChI is InChI=1S/C26H29N5O3/c1-32-22-10-4-19(5-11-22)16-30(17-20-6-12-23(33-2)13-7-20)26-28-25(27)29-31(26)18-21-8-14-24(34-3)15-9-21/h4-15H,16-18H2,1-3H3,(H2,27,29). The number of aromatic nitrogens is 3. The molecule has 4 aromatic rings. The third-order valence-electron chi connectivity index (χ3n) is 5.51. The van der Waals surface area contributed by atoms with E-state index < -0.39 is 0 Å². The van der Waals surface area contributed by atoms with Gasteiger partial charge in [-0.25, -0.2) is 4.68 Å². The molecule has 4 rings (SSSR count). The second-order valence-electron chi connectivity index (χ2n) is 7.83. The predicted octanol–water partition coefficient (Wildman–Crippen LogP) is 4.14. The summed E-state index contributed by atoms with van der Waals surface area (Å²) < 4.78 is 17.7. The third kappa shape index (κ3) is 5.58. The molecule has 0 radical (unpaired) electrons. The van der Waals surface area contributed by atoms with Crippen molar-refractivity contribution in [3.8, 4) is 17.2 Å². The molecule has 2 N–H and O–H groups in total. The van der Waals surface area contributed by atoms with E-state index in [0.717, 1.165) is 33.9 Å². The Bertz CT molecular complexity index is 1140. The number of anilines is 2. The number of rotatable bonds is 10. The first-order chi connectivity index (χ1) is 16.6. The lowest BCUT2D eigenvalue weighted by Crippen LogP contribution is -2.26. The molecule has 0 spiro atoms. The normalized spacial score (nSPS) is 10.7.